The zero-order valence-corrected chi connectivity index (χ0v) is 21.1. The highest BCUT2D eigenvalue weighted by Crippen LogP contribution is 2.29. The van der Waals surface area contributed by atoms with Gasteiger partial charge in [0.2, 0.25) is 5.91 Å². The third-order valence-electron chi connectivity index (χ3n) is 6.38. The first-order chi connectivity index (χ1) is 16.4. The Morgan fingerprint density at radius 1 is 0.706 bits per heavy atom. The van der Waals surface area contributed by atoms with Crippen LogP contribution in [0.5, 0.6) is 0 Å². The number of hydrogen-bond donors (Lipinski definition) is 3. The van der Waals surface area contributed by atoms with E-state index in [9.17, 15) is 9.59 Å². The summed E-state index contributed by atoms with van der Waals surface area (Å²) >= 11 is 0. The summed E-state index contributed by atoms with van der Waals surface area (Å²) in [4.78, 5) is 25.2. The second-order valence-electron chi connectivity index (χ2n) is 9.13. The lowest BCUT2D eigenvalue weighted by Crippen LogP contribution is -2.48. The zero-order valence-electron chi connectivity index (χ0n) is 20.1. The predicted molar refractivity (Wildman–Crippen MR) is 142 cm³/mol. The number of benzene rings is 3. The van der Waals surface area contributed by atoms with Crippen LogP contribution in [0.25, 0.3) is 0 Å². The van der Waals surface area contributed by atoms with Crippen LogP contribution in [0.15, 0.2) is 91.0 Å². The van der Waals surface area contributed by atoms with E-state index >= 15 is 0 Å². The molecular weight excluding hydrogens is 438 g/mol. The van der Waals surface area contributed by atoms with Crippen molar-refractivity contribution >= 4 is 25.2 Å². The van der Waals surface area contributed by atoms with Crippen molar-refractivity contribution < 1.29 is 9.59 Å². The first kappa shape index (κ1) is 25.2. The summed E-state index contributed by atoms with van der Waals surface area (Å²) in [5, 5.41) is 10.3. The molecule has 5 nitrogen and oxygen atoms in total. The summed E-state index contributed by atoms with van der Waals surface area (Å²) < 4.78 is 0. The number of urea groups is 1. The predicted octanol–water partition coefficient (Wildman–Crippen LogP) is 4.57. The van der Waals surface area contributed by atoms with Gasteiger partial charge in [-0.2, -0.15) is 0 Å². The third-order valence-corrected chi connectivity index (χ3v) is 10.7. The van der Waals surface area contributed by atoms with Crippen LogP contribution in [0.3, 0.4) is 0 Å². The quantitative estimate of drug-likeness (QED) is 0.357. The molecule has 0 saturated heterocycles. The lowest BCUT2D eigenvalue weighted by molar-refractivity contribution is -0.121. The molecule has 3 rings (SSSR count). The minimum absolute atomic E-state index is 0.0545. The molecule has 178 valence electrons. The maximum atomic E-state index is 12.9. The average Bonchev–Trinajstić information content (AvgIpc) is 2.87. The summed E-state index contributed by atoms with van der Waals surface area (Å²) in [5.74, 6) is 0.0545. The fourth-order valence-electron chi connectivity index (χ4n) is 4.11. The topological polar surface area (TPSA) is 70.2 Å². The van der Waals surface area contributed by atoms with Crippen LogP contribution in [-0.4, -0.2) is 26.6 Å². The van der Waals surface area contributed by atoms with Gasteiger partial charge in [0.05, 0.1) is 8.07 Å². The van der Waals surface area contributed by atoms with Crippen LogP contribution in [0.1, 0.15) is 24.0 Å². The molecule has 3 N–H and O–H groups in total. The molecule has 3 aromatic rings. The van der Waals surface area contributed by atoms with Gasteiger partial charge in [-0.25, -0.2) is 4.79 Å². The standard InChI is InChI=1S/C28H35N3O2Si/c1-34(2,25-16-10-5-11-17-25)26(20-27(32)30-21-23-12-6-3-7-13-23)18-19-29-28(33)31-22-24-14-8-4-9-15-24/h3-17,26H,18-22H2,1-2H3,(H,30,32)(H2,29,31,33). The Bertz CT molecular complexity index is 1030. The molecule has 0 aliphatic rings. The van der Waals surface area contributed by atoms with Crippen molar-refractivity contribution in [2.24, 2.45) is 0 Å². The molecule has 0 heterocycles. The maximum absolute atomic E-state index is 12.9. The SMILES string of the molecule is C[Si](C)(c1ccccc1)C(CCNC(=O)NCc1ccccc1)CC(=O)NCc1ccccc1. The van der Waals surface area contributed by atoms with Crippen LogP contribution < -0.4 is 21.1 Å². The van der Waals surface area contributed by atoms with Gasteiger partial charge in [0.25, 0.3) is 0 Å². The van der Waals surface area contributed by atoms with Crippen molar-refractivity contribution in [3.63, 3.8) is 0 Å². The zero-order chi connectivity index (χ0) is 24.2. The third kappa shape index (κ3) is 7.88. The van der Waals surface area contributed by atoms with E-state index in [4.69, 9.17) is 0 Å². The lowest BCUT2D eigenvalue weighted by Gasteiger charge is -2.33. The summed E-state index contributed by atoms with van der Waals surface area (Å²) in [6, 6.07) is 30.1. The van der Waals surface area contributed by atoms with E-state index in [2.05, 4.69) is 53.3 Å². The second kappa shape index (κ2) is 12.7. The summed E-state index contributed by atoms with van der Waals surface area (Å²) in [7, 11) is -1.96. The Labute approximate surface area is 204 Å². The van der Waals surface area contributed by atoms with Crippen molar-refractivity contribution in [1.82, 2.24) is 16.0 Å². The number of carbonyl (C=O) groups excluding carboxylic acids is 2. The fourth-order valence-corrected chi connectivity index (χ4v) is 7.20. The molecule has 34 heavy (non-hydrogen) atoms. The number of amides is 3. The maximum Gasteiger partial charge on any atom is 0.315 e. The second-order valence-corrected chi connectivity index (χ2v) is 14.0. The Morgan fingerprint density at radius 3 is 1.76 bits per heavy atom. The Morgan fingerprint density at radius 2 is 1.21 bits per heavy atom. The molecule has 0 spiro atoms. The molecule has 0 aliphatic carbocycles. The van der Waals surface area contributed by atoms with E-state index in [0.717, 1.165) is 17.5 Å². The van der Waals surface area contributed by atoms with Gasteiger partial charge in [-0.05, 0) is 23.1 Å². The number of rotatable bonds is 11. The van der Waals surface area contributed by atoms with Crippen LogP contribution in [0.4, 0.5) is 4.79 Å². The Kier molecular flexibility index (Phi) is 9.47. The van der Waals surface area contributed by atoms with E-state index in [0.29, 0.717) is 26.1 Å². The van der Waals surface area contributed by atoms with E-state index in [1.807, 2.05) is 66.7 Å². The van der Waals surface area contributed by atoms with Crippen molar-refractivity contribution in [3.05, 3.63) is 102 Å². The van der Waals surface area contributed by atoms with Crippen molar-refractivity contribution in [1.29, 1.82) is 0 Å². The average molecular weight is 474 g/mol. The smallest absolute Gasteiger partial charge is 0.315 e. The van der Waals surface area contributed by atoms with Crippen LogP contribution in [0.2, 0.25) is 18.6 Å². The summed E-state index contributed by atoms with van der Waals surface area (Å²) in [6.07, 6.45) is 1.21. The van der Waals surface area contributed by atoms with Gasteiger partial charge in [0.1, 0.15) is 0 Å². The monoisotopic (exact) mass is 473 g/mol. The Balaban J connectivity index is 1.57. The number of hydrogen-bond acceptors (Lipinski definition) is 2. The van der Waals surface area contributed by atoms with E-state index in [-0.39, 0.29) is 17.5 Å². The van der Waals surface area contributed by atoms with Gasteiger partial charge in [-0.1, -0.05) is 109 Å². The highest BCUT2D eigenvalue weighted by Gasteiger charge is 2.34. The van der Waals surface area contributed by atoms with Gasteiger partial charge in [-0.3, -0.25) is 4.79 Å². The molecular formula is C28H35N3O2Si. The molecule has 3 amide bonds. The highest BCUT2D eigenvalue weighted by molar-refractivity contribution is 6.91. The van der Waals surface area contributed by atoms with Gasteiger partial charge in [0, 0.05) is 26.1 Å². The first-order valence-corrected chi connectivity index (χ1v) is 14.9. The number of carbonyl (C=O) groups is 2. The molecule has 0 aromatic heterocycles. The molecule has 3 aromatic carbocycles. The minimum atomic E-state index is -1.96. The first-order valence-electron chi connectivity index (χ1n) is 11.9. The molecule has 0 saturated carbocycles. The molecule has 0 fully saturated rings. The van der Waals surface area contributed by atoms with E-state index in [1.165, 1.54) is 5.19 Å². The molecule has 0 aliphatic heterocycles. The van der Waals surface area contributed by atoms with Gasteiger partial charge < -0.3 is 16.0 Å². The van der Waals surface area contributed by atoms with Gasteiger partial charge in [-0.15, -0.1) is 0 Å². The molecule has 1 atom stereocenters. The highest BCUT2D eigenvalue weighted by atomic mass is 28.3. The van der Waals surface area contributed by atoms with E-state index < -0.39 is 8.07 Å². The largest absolute Gasteiger partial charge is 0.352 e. The van der Waals surface area contributed by atoms with Crippen molar-refractivity contribution in [3.8, 4) is 0 Å². The van der Waals surface area contributed by atoms with Crippen LogP contribution >= 0.6 is 0 Å². The van der Waals surface area contributed by atoms with Crippen molar-refractivity contribution in [2.45, 2.75) is 44.6 Å². The van der Waals surface area contributed by atoms with Crippen molar-refractivity contribution in [2.75, 3.05) is 6.54 Å². The van der Waals surface area contributed by atoms with Gasteiger partial charge in [0.15, 0.2) is 0 Å². The molecule has 1 unspecified atom stereocenters. The summed E-state index contributed by atoms with van der Waals surface area (Å²) in [6.45, 7) is 6.17. The lowest BCUT2D eigenvalue weighted by atomic mass is 10.2. The molecule has 0 bridgehead atoms. The van der Waals surface area contributed by atoms with Crippen LogP contribution in [-0.2, 0) is 17.9 Å². The van der Waals surface area contributed by atoms with E-state index in [1.54, 1.807) is 0 Å². The normalized spacial score (nSPS) is 11.9. The molecule has 0 radical (unpaired) electrons. The van der Waals surface area contributed by atoms with Crippen LogP contribution in [0, 0.1) is 0 Å². The minimum Gasteiger partial charge on any atom is -0.352 e. The summed E-state index contributed by atoms with van der Waals surface area (Å²) in [5.41, 5.74) is 2.34. The number of nitrogens with one attached hydrogen (secondary N) is 3. The fraction of sp³-hybridized carbons (Fsp3) is 0.286. The Hall–Kier alpha value is -3.38. The van der Waals surface area contributed by atoms with Gasteiger partial charge >= 0.3 is 6.03 Å². The molecule has 6 heteroatoms.